The third-order valence-corrected chi connectivity index (χ3v) is 6.59. The second kappa shape index (κ2) is 9.47. The minimum absolute atomic E-state index is 0.124. The minimum Gasteiger partial charge on any atom is -0.325 e. The van der Waals surface area contributed by atoms with Crippen LogP contribution in [0.2, 0.25) is 5.02 Å². The molecule has 2 heterocycles. The van der Waals surface area contributed by atoms with Crippen LogP contribution in [0.1, 0.15) is 5.69 Å². The summed E-state index contributed by atoms with van der Waals surface area (Å²) in [7, 11) is 0. The van der Waals surface area contributed by atoms with Gasteiger partial charge in [-0.15, -0.1) is 11.3 Å². The lowest BCUT2D eigenvalue weighted by Crippen LogP contribution is -2.15. The van der Waals surface area contributed by atoms with E-state index in [1.165, 1.54) is 29.2 Å². The second-order valence-electron chi connectivity index (χ2n) is 6.58. The minimum atomic E-state index is -0.281. The van der Waals surface area contributed by atoms with Crippen LogP contribution in [0.15, 0.2) is 70.6 Å². The number of amides is 1. The van der Waals surface area contributed by atoms with E-state index in [0.717, 1.165) is 26.8 Å². The topological polar surface area (TPSA) is 87.7 Å². The molecule has 0 fully saturated rings. The molecule has 0 unspecified atom stereocenters. The quantitative estimate of drug-likeness (QED) is 0.298. The molecule has 0 spiro atoms. The molecule has 0 bridgehead atoms. The van der Waals surface area contributed by atoms with E-state index < -0.39 is 0 Å². The SMILES string of the molecule is Cc1nc(-c2ccc(Cl)cc2)sc1-c1cc(=O)[nH]c(SCC(=O)Nc2ccccc2)n1. The second-order valence-corrected chi connectivity index (χ2v) is 8.98. The van der Waals surface area contributed by atoms with Crippen molar-refractivity contribution in [3.8, 4) is 21.1 Å². The van der Waals surface area contributed by atoms with Crippen LogP contribution in [-0.2, 0) is 4.79 Å². The van der Waals surface area contributed by atoms with Crippen LogP contribution in [0.3, 0.4) is 0 Å². The van der Waals surface area contributed by atoms with Gasteiger partial charge >= 0.3 is 0 Å². The molecule has 0 aliphatic carbocycles. The van der Waals surface area contributed by atoms with Crippen LogP contribution in [0, 0.1) is 6.92 Å². The van der Waals surface area contributed by atoms with E-state index in [4.69, 9.17) is 11.6 Å². The maximum Gasteiger partial charge on any atom is 0.252 e. The Kier molecular flexibility index (Phi) is 6.50. The van der Waals surface area contributed by atoms with E-state index in [9.17, 15) is 9.59 Å². The van der Waals surface area contributed by atoms with Crippen LogP contribution < -0.4 is 10.9 Å². The first-order chi connectivity index (χ1) is 15.0. The first-order valence-electron chi connectivity index (χ1n) is 9.31. The summed E-state index contributed by atoms with van der Waals surface area (Å²) in [6.07, 6.45) is 0. The number of aromatic amines is 1. The molecule has 2 aromatic carbocycles. The third kappa shape index (κ3) is 5.41. The number of H-pyrrole nitrogens is 1. The number of hydrogen-bond acceptors (Lipinski definition) is 6. The normalized spacial score (nSPS) is 10.8. The summed E-state index contributed by atoms with van der Waals surface area (Å²) in [4.78, 5) is 37.1. The highest BCUT2D eigenvalue weighted by molar-refractivity contribution is 7.99. The van der Waals surface area contributed by atoms with Crippen molar-refractivity contribution < 1.29 is 4.79 Å². The predicted octanol–water partition coefficient (Wildman–Crippen LogP) is 5.25. The molecule has 9 heteroatoms. The van der Waals surface area contributed by atoms with Crippen molar-refractivity contribution in [2.24, 2.45) is 0 Å². The maximum atomic E-state index is 12.2. The molecule has 31 heavy (non-hydrogen) atoms. The Hall–Kier alpha value is -2.94. The lowest BCUT2D eigenvalue weighted by atomic mass is 10.2. The molecular formula is C22H17ClN4O2S2. The number of benzene rings is 2. The van der Waals surface area contributed by atoms with Crippen LogP contribution in [-0.4, -0.2) is 26.6 Å². The zero-order valence-electron chi connectivity index (χ0n) is 16.4. The fraction of sp³-hybridized carbons (Fsp3) is 0.0909. The summed E-state index contributed by atoms with van der Waals surface area (Å²) in [5, 5.41) is 4.67. The average molecular weight is 469 g/mol. The van der Waals surface area contributed by atoms with Crippen LogP contribution >= 0.6 is 34.7 Å². The molecular weight excluding hydrogens is 452 g/mol. The number of rotatable bonds is 6. The highest BCUT2D eigenvalue weighted by Crippen LogP contribution is 2.34. The fourth-order valence-corrected chi connectivity index (χ4v) is 4.66. The molecule has 0 saturated carbocycles. The standard InChI is InChI=1S/C22H17ClN4O2S2/c1-13-20(31-21(24-13)14-7-9-15(23)10-8-14)17-11-18(28)27-22(26-17)30-12-19(29)25-16-5-3-2-4-6-16/h2-11H,12H2,1H3,(H,25,29)(H,26,27,28). The van der Waals surface area contributed by atoms with Crippen molar-refractivity contribution in [1.82, 2.24) is 15.0 Å². The summed E-state index contributed by atoms with van der Waals surface area (Å²) in [5.74, 6) is -0.0536. The van der Waals surface area contributed by atoms with Gasteiger partial charge in [-0.2, -0.15) is 0 Å². The first kappa shape index (κ1) is 21.3. The molecule has 4 aromatic rings. The van der Waals surface area contributed by atoms with E-state index in [1.54, 1.807) is 0 Å². The Bertz CT molecular complexity index is 1270. The van der Waals surface area contributed by atoms with Gasteiger partial charge in [0, 0.05) is 22.3 Å². The maximum absolute atomic E-state index is 12.2. The summed E-state index contributed by atoms with van der Waals surface area (Å²) in [6.45, 7) is 1.88. The number of para-hydroxylation sites is 1. The number of nitrogens with zero attached hydrogens (tertiary/aromatic N) is 2. The summed E-state index contributed by atoms with van der Waals surface area (Å²) < 4.78 is 0. The Balaban J connectivity index is 1.52. The monoisotopic (exact) mass is 468 g/mol. The Morgan fingerprint density at radius 3 is 2.61 bits per heavy atom. The molecule has 4 rings (SSSR count). The van der Waals surface area contributed by atoms with Gasteiger partial charge in [0.1, 0.15) is 5.01 Å². The number of carbonyl (C=O) groups excluding carboxylic acids is 1. The highest BCUT2D eigenvalue weighted by atomic mass is 35.5. The summed E-state index contributed by atoms with van der Waals surface area (Å²) in [6, 6.07) is 18.1. The lowest BCUT2D eigenvalue weighted by molar-refractivity contribution is -0.113. The van der Waals surface area contributed by atoms with Crippen LogP contribution in [0.5, 0.6) is 0 Å². The molecule has 0 aliphatic rings. The van der Waals surface area contributed by atoms with Gasteiger partial charge in [-0.25, -0.2) is 9.97 Å². The van der Waals surface area contributed by atoms with Gasteiger partial charge in [0.15, 0.2) is 5.16 Å². The molecule has 0 saturated heterocycles. The van der Waals surface area contributed by atoms with E-state index in [1.807, 2.05) is 61.5 Å². The van der Waals surface area contributed by atoms with E-state index in [0.29, 0.717) is 15.9 Å². The Morgan fingerprint density at radius 2 is 1.87 bits per heavy atom. The molecule has 0 aliphatic heterocycles. The van der Waals surface area contributed by atoms with E-state index >= 15 is 0 Å². The van der Waals surface area contributed by atoms with Gasteiger partial charge in [-0.05, 0) is 31.2 Å². The number of thioether (sulfide) groups is 1. The van der Waals surface area contributed by atoms with Crippen molar-refractivity contribution >= 4 is 46.3 Å². The third-order valence-electron chi connectivity index (χ3n) is 4.24. The lowest BCUT2D eigenvalue weighted by Gasteiger charge is -2.05. The number of hydrogen-bond donors (Lipinski definition) is 2. The molecule has 2 N–H and O–H groups in total. The van der Waals surface area contributed by atoms with Crippen molar-refractivity contribution in [2.75, 3.05) is 11.1 Å². The predicted molar refractivity (Wildman–Crippen MR) is 127 cm³/mol. The number of halogens is 1. The smallest absolute Gasteiger partial charge is 0.252 e. The van der Waals surface area contributed by atoms with Crippen LogP contribution in [0.25, 0.3) is 21.1 Å². The largest absolute Gasteiger partial charge is 0.325 e. The zero-order chi connectivity index (χ0) is 21.8. The average Bonchev–Trinajstić information content (AvgIpc) is 3.15. The number of aromatic nitrogens is 3. The number of nitrogens with one attached hydrogen (secondary N) is 2. The Labute approximate surface area is 191 Å². The van der Waals surface area contributed by atoms with Crippen molar-refractivity contribution in [3.63, 3.8) is 0 Å². The van der Waals surface area contributed by atoms with Gasteiger partial charge in [-0.1, -0.05) is 53.7 Å². The van der Waals surface area contributed by atoms with Gasteiger partial charge in [-0.3, -0.25) is 9.59 Å². The highest BCUT2D eigenvalue weighted by Gasteiger charge is 2.15. The van der Waals surface area contributed by atoms with E-state index in [-0.39, 0.29) is 17.2 Å². The van der Waals surface area contributed by atoms with E-state index in [2.05, 4.69) is 20.3 Å². The molecule has 2 aromatic heterocycles. The Morgan fingerprint density at radius 1 is 1.13 bits per heavy atom. The molecule has 156 valence electrons. The van der Waals surface area contributed by atoms with Crippen molar-refractivity contribution in [1.29, 1.82) is 0 Å². The van der Waals surface area contributed by atoms with Gasteiger partial charge in [0.25, 0.3) is 5.56 Å². The summed E-state index contributed by atoms with van der Waals surface area (Å²) in [5.41, 5.74) is 2.70. The van der Waals surface area contributed by atoms with Gasteiger partial charge in [0.2, 0.25) is 5.91 Å². The number of thiazole rings is 1. The molecule has 1 amide bonds. The fourth-order valence-electron chi connectivity index (χ4n) is 2.82. The number of anilines is 1. The van der Waals surface area contributed by atoms with Crippen molar-refractivity contribution in [2.45, 2.75) is 12.1 Å². The van der Waals surface area contributed by atoms with Crippen LogP contribution in [0.4, 0.5) is 5.69 Å². The summed E-state index contributed by atoms with van der Waals surface area (Å²) >= 11 is 8.60. The molecule has 0 radical (unpaired) electrons. The zero-order valence-corrected chi connectivity index (χ0v) is 18.8. The number of carbonyl (C=O) groups is 1. The van der Waals surface area contributed by atoms with Gasteiger partial charge in [0.05, 0.1) is 22.0 Å². The number of aryl methyl sites for hydroxylation is 1. The van der Waals surface area contributed by atoms with Crippen molar-refractivity contribution in [3.05, 3.63) is 81.7 Å². The molecule has 6 nitrogen and oxygen atoms in total. The molecule has 0 atom stereocenters. The first-order valence-corrected chi connectivity index (χ1v) is 11.5. The van der Waals surface area contributed by atoms with Gasteiger partial charge < -0.3 is 10.3 Å².